The molecule has 1 saturated heterocycles. The average Bonchev–Trinajstić information content (AvgIpc) is 2.52. The summed E-state index contributed by atoms with van der Waals surface area (Å²) in [5, 5.41) is 8.61. The summed E-state index contributed by atoms with van der Waals surface area (Å²) in [6.07, 6.45) is 4.69. The molecule has 0 amide bonds. The van der Waals surface area contributed by atoms with E-state index in [0.717, 1.165) is 32.5 Å². The molecule has 1 atom stereocenters. The van der Waals surface area contributed by atoms with E-state index in [-0.39, 0.29) is 0 Å². The minimum atomic E-state index is 0.301. The smallest absolute Gasteiger partial charge is 0.179 e. The van der Waals surface area contributed by atoms with Gasteiger partial charge in [-0.2, -0.15) is 5.26 Å². The Balaban J connectivity index is 2.23. The summed E-state index contributed by atoms with van der Waals surface area (Å²) < 4.78 is 5.39. The summed E-state index contributed by atoms with van der Waals surface area (Å²) in [6.45, 7) is 4.41. The molecule has 1 unspecified atom stereocenters. The topological polar surface area (TPSA) is 36.3 Å². The molecule has 0 aromatic rings. The number of rotatable bonds is 3. The van der Waals surface area contributed by atoms with Gasteiger partial charge in [-0.3, -0.25) is 0 Å². The molecule has 0 aromatic carbocycles. The first-order chi connectivity index (χ1) is 5.36. The van der Waals surface area contributed by atoms with Crippen LogP contribution in [0.25, 0.3) is 0 Å². The Morgan fingerprint density at radius 1 is 1.73 bits per heavy atom. The van der Waals surface area contributed by atoms with Crippen molar-refractivity contribution in [3.8, 4) is 6.19 Å². The maximum absolute atomic E-state index is 8.61. The van der Waals surface area contributed by atoms with E-state index in [4.69, 9.17) is 10.00 Å². The summed E-state index contributed by atoms with van der Waals surface area (Å²) in [4.78, 5) is 1.73. The van der Waals surface area contributed by atoms with Gasteiger partial charge in [-0.15, -0.1) is 0 Å². The van der Waals surface area contributed by atoms with Crippen molar-refractivity contribution in [2.75, 3.05) is 19.7 Å². The van der Waals surface area contributed by atoms with Crippen molar-refractivity contribution in [1.29, 1.82) is 5.26 Å². The fourth-order valence-corrected chi connectivity index (χ4v) is 1.27. The fraction of sp³-hybridized carbons (Fsp3) is 0.875. The number of nitrogens with zero attached hydrogens (tertiary/aromatic N) is 2. The highest BCUT2D eigenvalue weighted by Gasteiger charge is 2.17. The zero-order chi connectivity index (χ0) is 8.10. The van der Waals surface area contributed by atoms with E-state index in [0.29, 0.717) is 6.10 Å². The van der Waals surface area contributed by atoms with E-state index in [1.807, 2.05) is 6.92 Å². The number of hydrogen-bond acceptors (Lipinski definition) is 3. The quantitative estimate of drug-likeness (QED) is 0.449. The first kappa shape index (κ1) is 8.35. The van der Waals surface area contributed by atoms with Gasteiger partial charge in [-0.1, -0.05) is 0 Å². The van der Waals surface area contributed by atoms with Gasteiger partial charge in [0.15, 0.2) is 6.19 Å². The predicted octanol–water partition coefficient (Wildman–Crippen LogP) is 0.968. The molecule has 1 fully saturated rings. The molecule has 1 heterocycles. The van der Waals surface area contributed by atoms with E-state index in [2.05, 4.69) is 6.19 Å². The number of hydrogen-bond donors (Lipinski definition) is 0. The van der Waals surface area contributed by atoms with Crippen molar-refractivity contribution >= 4 is 0 Å². The second-order valence-electron chi connectivity index (χ2n) is 2.77. The third-order valence-corrected chi connectivity index (χ3v) is 1.97. The van der Waals surface area contributed by atoms with Gasteiger partial charge in [0.2, 0.25) is 0 Å². The Labute approximate surface area is 67.6 Å². The van der Waals surface area contributed by atoms with E-state index in [1.54, 1.807) is 4.90 Å². The van der Waals surface area contributed by atoms with Crippen molar-refractivity contribution in [1.82, 2.24) is 4.90 Å². The Bertz CT molecular complexity index is 147. The molecule has 3 nitrogen and oxygen atoms in total. The Morgan fingerprint density at radius 3 is 3.00 bits per heavy atom. The van der Waals surface area contributed by atoms with E-state index in [9.17, 15) is 0 Å². The van der Waals surface area contributed by atoms with Gasteiger partial charge >= 0.3 is 0 Å². The second-order valence-corrected chi connectivity index (χ2v) is 2.77. The lowest BCUT2D eigenvalue weighted by Gasteiger charge is -2.16. The van der Waals surface area contributed by atoms with Crippen molar-refractivity contribution in [3.63, 3.8) is 0 Å². The molecule has 0 aromatic heterocycles. The molecule has 3 heteroatoms. The lowest BCUT2D eigenvalue weighted by Crippen LogP contribution is -2.27. The first-order valence-electron chi connectivity index (χ1n) is 4.13. The monoisotopic (exact) mass is 154 g/mol. The van der Waals surface area contributed by atoms with Crippen molar-refractivity contribution < 1.29 is 4.74 Å². The molecule has 0 bridgehead atoms. The molecule has 0 spiro atoms. The maximum atomic E-state index is 8.61. The van der Waals surface area contributed by atoms with E-state index in [1.165, 1.54) is 0 Å². The first-order valence-corrected chi connectivity index (χ1v) is 4.13. The van der Waals surface area contributed by atoms with Crippen LogP contribution in [0.2, 0.25) is 0 Å². The van der Waals surface area contributed by atoms with Gasteiger partial charge < -0.3 is 9.64 Å². The van der Waals surface area contributed by atoms with Crippen LogP contribution in [0.1, 0.15) is 19.8 Å². The standard InChI is InChI=1S/C8H14N2O/c1-2-10(7-9)6-8-4-3-5-11-8/h8H,2-6H2,1H3. The number of ether oxygens (including phenoxy) is 1. The van der Waals surface area contributed by atoms with Crippen LogP contribution in [0, 0.1) is 11.5 Å². The summed E-state index contributed by atoms with van der Waals surface area (Å²) in [5.74, 6) is 0. The van der Waals surface area contributed by atoms with Crippen LogP contribution in [-0.2, 0) is 4.74 Å². The molecule has 0 aliphatic carbocycles. The lowest BCUT2D eigenvalue weighted by atomic mass is 10.2. The normalized spacial score (nSPS) is 23.1. The summed E-state index contributed by atoms with van der Waals surface area (Å²) in [7, 11) is 0. The van der Waals surface area contributed by atoms with E-state index < -0.39 is 0 Å². The molecule has 0 radical (unpaired) electrons. The Hall–Kier alpha value is -0.750. The molecular formula is C8H14N2O. The minimum absolute atomic E-state index is 0.301. The molecular weight excluding hydrogens is 140 g/mol. The number of likely N-dealkylation sites (N-methyl/N-ethyl adjacent to an activating group) is 1. The van der Waals surface area contributed by atoms with Crippen LogP contribution < -0.4 is 0 Å². The van der Waals surface area contributed by atoms with Gasteiger partial charge in [0, 0.05) is 13.2 Å². The maximum Gasteiger partial charge on any atom is 0.179 e. The van der Waals surface area contributed by atoms with Crippen molar-refractivity contribution in [2.45, 2.75) is 25.9 Å². The second kappa shape index (κ2) is 4.20. The zero-order valence-electron chi connectivity index (χ0n) is 6.92. The highest BCUT2D eigenvalue weighted by atomic mass is 16.5. The molecule has 62 valence electrons. The predicted molar refractivity (Wildman–Crippen MR) is 41.8 cm³/mol. The molecule has 1 aliphatic heterocycles. The third kappa shape index (κ3) is 2.39. The van der Waals surface area contributed by atoms with Crippen molar-refractivity contribution in [2.24, 2.45) is 0 Å². The van der Waals surface area contributed by atoms with Gasteiger partial charge in [0.1, 0.15) is 0 Å². The largest absolute Gasteiger partial charge is 0.376 e. The van der Waals surface area contributed by atoms with Crippen LogP contribution in [0.5, 0.6) is 0 Å². The molecule has 1 rings (SSSR count). The molecule has 0 saturated carbocycles. The van der Waals surface area contributed by atoms with Crippen LogP contribution >= 0.6 is 0 Å². The third-order valence-electron chi connectivity index (χ3n) is 1.97. The summed E-state index contributed by atoms with van der Waals surface area (Å²) >= 11 is 0. The lowest BCUT2D eigenvalue weighted by molar-refractivity contribution is 0.0896. The van der Waals surface area contributed by atoms with Crippen LogP contribution in [0.15, 0.2) is 0 Å². The highest BCUT2D eigenvalue weighted by molar-refractivity contribution is 4.77. The minimum Gasteiger partial charge on any atom is -0.376 e. The highest BCUT2D eigenvalue weighted by Crippen LogP contribution is 2.12. The van der Waals surface area contributed by atoms with Crippen molar-refractivity contribution in [3.05, 3.63) is 0 Å². The summed E-state index contributed by atoms with van der Waals surface area (Å²) in [6, 6.07) is 0. The van der Waals surface area contributed by atoms with Crippen LogP contribution in [-0.4, -0.2) is 30.7 Å². The molecule has 11 heavy (non-hydrogen) atoms. The average molecular weight is 154 g/mol. The number of nitriles is 1. The Morgan fingerprint density at radius 2 is 2.55 bits per heavy atom. The van der Waals surface area contributed by atoms with E-state index >= 15 is 0 Å². The van der Waals surface area contributed by atoms with Gasteiger partial charge in [-0.25, -0.2) is 0 Å². The molecule has 0 N–H and O–H groups in total. The summed E-state index contributed by atoms with van der Waals surface area (Å²) in [5.41, 5.74) is 0. The fourth-order valence-electron chi connectivity index (χ4n) is 1.27. The zero-order valence-corrected chi connectivity index (χ0v) is 6.92. The van der Waals surface area contributed by atoms with Crippen LogP contribution in [0.4, 0.5) is 0 Å². The van der Waals surface area contributed by atoms with Gasteiger partial charge in [-0.05, 0) is 19.8 Å². The van der Waals surface area contributed by atoms with Gasteiger partial charge in [0.05, 0.1) is 12.6 Å². The van der Waals surface area contributed by atoms with Crippen LogP contribution in [0.3, 0.4) is 0 Å². The SMILES string of the molecule is CCN(C#N)CC1CCCO1. The Kier molecular flexibility index (Phi) is 3.18. The molecule has 1 aliphatic rings. The van der Waals surface area contributed by atoms with Gasteiger partial charge in [0.25, 0.3) is 0 Å².